The normalized spacial score (nSPS) is 11.8. The molecule has 0 bridgehead atoms. The summed E-state index contributed by atoms with van der Waals surface area (Å²) in [6.45, 7) is 1.58. The highest BCUT2D eigenvalue weighted by atomic mass is 32.2. The smallest absolute Gasteiger partial charge is 0.316 e. The van der Waals surface area contributed by atoms with Crippen LogP contribution in [0.4, 0.5) is 0 Å². The van der Waals surface area contributed by atoms with Crippen molar-refractivity contribution in [2.24, 2.45) is 0 Å². The van der Waals surface area contributed by atoms with E-state index in [1.807, 2.05) is 6.07 Å². The molecular formula is C11H13NO3S. The van der Waals surface area contributed by atoms with Crippen LogP contribution in [0.5, 0.6) is 0 Å². The molecule has 1 rings (SSSR count). The quantitative estimate of drug-likeness (QED) is 0.766. The maximum absolute atomic E-state index is 11.5. The highest BCUT2D eigenvalue weighted by molar-refractivity contribution is 8.00. The molecule has 4 nitrogen and oxygen atoms in total. The molecule has 0 fully saturated rings. The number of carboxylic acids is 1. The number of hydrogen-bond donors (Lipinski definition) is 2. The van der Waals surface area contributed by atoms with Gasteiger partial charge in [-0.2, -0.15) is 0 Å². The van der Waals surface area contributed by atoms with Crippen molar-refractivity contribution in [1.29, 1.82) is 0 Å². The average Bonchev–Trinajstić information content (AvgIpc) is 2.29. The van der Waals surface area contributed by atoms with Crippen molar-refractivity contribution >= 4 is 23.6 Å². The van der Waals surface area contributed by atoms with Gasteiger partial charge in [-0.05, 0) is 19.1 Å². The maximum Gasteiger partial charge on any atom is 0.316 e. The van der Waals surface area contributed by atoms with E-state index in [4.69, 9.17) is 5.11 Å². The molecule has 0 heterocycles. The van der Waals surface area contributed by atoms with Crippen LogP contribution in [0.3, 0.4) is 0 Å². The number of benzene rings is 1. The summed E-state index contributed by atoms with van der Waals surface area (Å²) in [7, 11) is 0. The van der Waals surface area contributed by atoms with Crippen molar-refractivity contribution in [2.45, 2.75) is 12.2 Å². The SMILES string of the molecule is CC(SCNC(=O)c1ccccc1)C(=O)O. The molecule has 1 aromatic carbocycles. The Morgan fingerprint density at radius 3 is 2.56 bits per heavy atom. The Balaban J connectivity index is 2.34. The Bertz CT molecular complexity index is 367. The van der Waals surface area contributed by atoms with Crippen LogP contribution in [-0.4, -0.2) is 28.1 Å². The van der Waals surface area contributed by atoms with Gasteiger partial charge in [-0.25, -0.2) is 0 Å². The molecule has 5 heteroatoms. The Kier molecular flexibility index (Phi) is 4.85. The molecule has 0 aliphatic heterocycles. The van der Waals surface area contributed by atoms with Gasteiger partial charge in [-0.15, -0.1) is 11.8 Å². The topological polar surface area (TPSA) is 66.4 Å². The van der Waals surface area contributed by atoms with Gasteiger partial charge in [0.2, 0.25) is 0 Å². The molecule has 0 aromatic heterocycles. The van der Waals surface area contributed by atoms with Crippen LogP contribution in [0.1, 0.15) is 17.3 Å². The summed E-state index contributed by atoms with van der Waals surface area (Å²) in [4.78, 5) is 22.0. The third-order valence-electron chi connectivity index (χ3n) is 1.95. The fourth-order valence-electron chi connectivity index (χ4n) is 0.995. The summed E-state index contributed by atoms with van der Waals surface area (Å²) in [6.07, 6.45) is 0. The second-order valence-electron chi connectivity index (χ2n) is 3.16. The number of carbonyl (C=O) groups excluding carboxylic acids is 1. The first-order valence-corrected chi connectivity index (χ1v) is 5.84. The van der Waals surface area contributed by atoms with Crippen molar-refractivity contribution in [3.05, 3.63) is 35.9 Å². The van der Waals surface area contributed by atoms with Gasteiger partial charge in [-0.1, -0.05) is 18.2 Å². The molecule has 86 valence electrons. The number of carboxylic acid groups (broad SMARTS) is 1. The monoisotopic (exact) mass is 239 g/mol. The minimum absolute atomic E-state index is 0.189. The van der Waals surface area contributed by atoms with Gasteiger partial charge >= 0.3 is 5.97 Å². The summed E-state index contributed by atoms with van der Waals surface area (Å²) < 4.78 is 0. The number of aliphatic carboxylic acids is 1. The molecule has 0 radical (unpaired) electrons. The van der Waals surface area contributed by atoms with Crippen molar-refractivity contribution in [1.82, 2.24) is 5.32 Å². The second kappa shape index (κ2) is 6.17. The Hall–Kier alpha value is -1.49. The predicted octanol–water partition coefficient (Wildman–Crippen LogP) is 1.58. The van der Waals surface area contributed by atoms with E-state index < -0.39 is 11.2 Å². The molecule has 2 N–H and O–H groups in total. The van der Waals surface area contributed by atoms with Crippen molar-refractivity contribution in [3.63, 3.8) is 0 Å². The molecule has 1 aromatic rings. The van der Waals surface area contributed by atoms with Crippen LogP contribution in [0.15, 0.2) is 30.3 Å². The van der Waals surface area contributed by atoms with Crippen molar-refractivity contribution < 1.29 is 14.7 Å². The van der Waals surface area contributed by atoms with E-state index in [1.165, 1.54) is 11.8 Å². The molecule has 0 saturated heterocycles. The molecule has 1 atom stereocenters. The highest BCUT2D eigenvalue weighted by Gasteiger charge is 2.11. The number of carbonyl (C=O) groups is 2. The Morgan fingerprint density at radius 1 is 1.38 bits per heavy atom. The summed E-state index contributed by atoms with van der Waals surface area (Å²) in [6, 6.07) is 8.81. The first-order chi connectivity index (χ1) is 7.61. The van der Waals surface area contributed by atoms with E-state index in [1.54, 1.807) is 31.2 Å². The first kappa shape index (κ1) is 12.6. The number of rotatable bonds is 5. The van der Waals surface area contributed by atoms with Crippen molar-refractivity contribution in [2.75, 3.05) is 5.88 Å². The molecule has 0 aliphatic carbocycles. The zero-order valence-electron chi connectivity index (χ0n) is 8.84. The van der Waals surface area contributed by atoms with E-state index in [0.717, 1.165) is 0 Å². The van der Waals surface area contributed by atoms with E-state index in [9.17, 15) is 9.59 Å². The lowest BCUT2D eigenvalue weighted by atomic mass is 10.2. The largest absolute Gasteiger partial charge is 0.480 e. The minimum atomic E-state index is -0.876. The maximum atomic E-state index is 11.5. The molecule has 16 heavy (non-hydrogen) atoms. The van der Waals surface area contributed by atoms with E-state index in [0.29, 0.717) is 11.4 Å². The summed E-state index contributed by atoms with van der Waals surface area (Å²) in [5.74, 6) is -0.772. The highest BCUT2D eigenvalue weighted by Crippen LogP contribution is 2.08. The van der Waals surface area contributed by atoms with E-state index in [-0.39, 0.29) is 5.91 Å². The van der Waals surface area contributed by atoms with Gasteiger partial charge in [0.1, 0.15) is 5.25 Å². The number of hydrogen-bond acceptors (Lipinski definition) is 3. The third kappa shape index (κ3) is 3.94. The van der Waals surface area contributed by atoms with E-state index in [2.05, 4.69) is 5.32 Å². The van der Waals surface area contributed by atoms with Gasteiger partial charge in [0.05, 0.1) is 5.88 Å². The summed E-state index contributed by atoms with van der Waals surface area (Å²) in [5, 5.41) is 10.8. The lowest BCUT2D eigenvalue weighted by molar-refractivity contribution is -0.136. The molecular weight excluding hydrogens is 226 g/mol. The predicted molar refractivity (Wildman–Crippen MR) is 63.5 cm³/mol. The zero-order valence-corrected chi connectivity index (χ0v) is 9.66. The molecule has 0 saturated carbocycles. The van der Waals surface area contributed by atoms with Crippen molar-refractivity contribution in [3.8, 4) is 0 Å². The average molecular weight is 239 g/mol. The van der Waals surface area contributed by atoms with Gasteiger partial charge in [-0.3, -0.25) is 9.59 Å². The van der Waals surface area contributed by atoms with Gasteiger partial charge in [0.15, 0.2) is 0 Å². The molecule has 0 aliphatic rings. The van der Waals surface area contributed by atoms with Crippen LogP contribution in [0.25, 0.3) is 0 Å². The standard InChI is InChI=1S/C11H13NO3S/c1-8(11(14)15)16-7-12-10(13)9-5-3-2-4-6-9/h2-6,8H,7H2,1H3,(H,12,13)(H,14,15). The fourth-order valence-corrected chi connectivity index (χ4v) is 1.60. The second-order valence-corrected chi connectivity index (χ2v) is 4.49. The number of thioether (sulfide) groups is 1. The van der Waals surface area contributed by atoms with Crippen LogP contribution in [0, 0.1) is 0 Å². The first-order valence-electron chi connectivity index (χ1n) is 4.79. The summed E-state index contributed by atoms with van der Waals surface area (Å²) >= 11 is 1.18. The van der Waals surface area contributed by atoms with Crippen LogP contribution < -0.4 is 5.32 Å². The van der Waals surface area contributed by atoms with Gasteiger partial charge in [0, 0.05) is 5.56 Å². The number of amides is 1. The fraction of sp³-hybridized carbons (Fsp3) is 0.273. The van der Waals surface area contributed by atoms with E-state index >= 15 is 0 Å². The van der Waals surface area contributed by atoms with Crippen LogP contribution >= 0.6 is 11.8 Å². The molecule has 1 amide bonds. The third-order valence-corrected chi connectivity index (χ3v) is 2.96. The lowest BCUT2D eigenvalue weighted by Crippen LogP contribution is -2.25. The molecule has 1 unspecified atom stereocenters. The van der Waals surface area contributed by atoms with Crippen LogP contribution in [0.2, 0.25) is 0 Å². The zero-order chi connectivity index (χ0) is 12.0. The van der Waals surface area contributed by atoms with Gasteiger partial charge in [0.25, 0.3) is 5.91 Å². The minimum Gasteiger partial charge on any atom is -0.480 e. The Labute approximate surface area is 98.0 Å². The number of nitrogens with one attached hydrogen (secondary N) is 1. The van der Waals surface area contributed by atoms with Crippen LogP contribution in [-0.2, 0) is 4.79 Å². The van der Waals surface area contributed by atoms with Gasteiger partial charge < -0.3 is 10.4 Å². The Morgan fingerprint density at radius 2 is 2.00 bits per heavy atom. The summed E-state index contributed by atoms with van der Waals surface area (Å²) in [5.41, 5.74) is 0.575. The molecule has 0 spiro atoms. The lowest BCUT2D eigenvalue weighted by Gasteiger charge is -2.07.